The number of aromatic nitrogens is 2. The normalized spacial score (nSPS) is 32.8. The van der Waals surface area contributed by atoms with Gasteiger partial charge in [0.25, 0.3) is 5.79 Å². The molecular formula is C22H35N4O16PS2. The number of nitrogen functional groups attached to an aromatic ring is 1. The zero-order chi connectivity index (χ0) is 33.7. The van der Waals surface area contributed by atoms with Gasteiger partial charge in [-0.2, -0.15) is 4.98 Å². The summed E-state index contributed by atoms with van der Waals surface area (Å²) in [6, 6.07) is -0.375. The number of anilines is 1. The lowest BCUT2D eigenvalue weighted by molar-refractivity contribution is -0.289. The maximum Gasteiger partial charge on any atom is 0.475 e. The van der Waals surface area contributed by atoms with Gasteiger partial charge in [-0.05, 0) is 6.07 Å². The van der Waals surface area contributed by atoms with E-state index in [0.717, 1.165) is 21.6 Å². The van der Waals surface area contributed by atoms with E-state index in [2.05, 4.69) is 10.3 Å². The number of aliphatic carboxylic acids is 1. The molecule has 0 bridgehead atoms. The first-order valence-corrected chi connectivity index (χ1v) is 17.2. The Labute approximate surface area is 262 Å². The van der Waals surface area contributed by atoms with Crippen LogP contribution >= 0.6 is 29.4 Å². The summed E-state index contributed by atoms with van der Waals surface area (Å²) < 4.78 is 34.1. The molecule has 2 aliphatic heterocycles. The molecule has 0 radical (unpaired) electrons. The molecule has 20 nitrogen and oxygen atoms in total. The zero-order valence-electron chi connectivity index (χ0n) is 23.5. The summed E-state index contributed by atoms with van der Waals surface area (Å²) in [4.78, 5) is 50.8. The van der Waals surface area contributed by atoms with E-state index in [0.29, 0.717) is 5.75 Å². The number of rotatable bonds is 15. The monoisotopic (exact) mass is 706 g/mol. The van der Waals surface area contributed by atoms with Gasteiger partial charge in [0.2, 0.25) is 5.91 Å². The van der Waals surface area contributed by atoms with E-state index in [1.54, 1.807) is 0 Å². The second-order valence-electron chi connectivity index (χ2n) is 9.86. The minimum atomic E-state index is -5.54. The van der Waals surface area contributed by atoms with Crippen molar-refractivity contribution in [1.82, 2.24) is 14.9 Å². The Kier molecular flexibility index (Phi) is 13.2. The summed E-state index contributed by atoms with van der Waals surface area (Å²) in [5, 5.41) is 73.9. The number of phosphoric acid groups is 1. The molecule has 1 aromatic heterocycles. The maximum absolute atomic E-state index is 12.9. The van der Waals surface area contributed by atoms with Crippen LogP contribution in [0.3, 0.4) is 0 Å². The highest BCUT2D eigenvalue weighted by atomic mass is 33.1. The highest BCUT2D eigenvalue weighted by molar-refractivity contribution is 8.76. The number of carboxylic acid groups (broad SMARTS) is 1. The molecule has 11 N–H and O–H groups in total. The lowest BCUT2D eigenvalue weighted by atomic mass is 9.88. The number of nitrogens with two attached hydrogens (primary N) is 1. The predicted octanol–water partition coefficient (Wildman–Crippen LogP) is -3.89. The first-order chi connectivity index (χ1) is 21.1. The second kappa shape index (κ2) is 15.8. The van der Waals surface area contributed by atoms with Gasteiger partial charge in [-0.15, -0.1) is 0 Å². The number of carbonyl (C=O) groups excluding carboxylic acids is 1. The average Bonchev–Trinajstić information content (AvgIpc) is 3.25. The van der Waals surface area contributed by atoms with Crippen LogP contribution < -0.4 is 16.7 Å². The quantitative estimate of drug-likeness (QED) is 0.0473. The van der Waals surface area contributed by atoms with E-state index in [9.17, 15) is 59.6 Å². The Morgan fingerprint density at radius 3 is 2.58 bits per heavy atom. The molecule has 2 fully saturated rings. The topological polar surface area (TPSA) is 323 Å². The SMILES string of the molecule is CCSSCC(=O)NC1C(O)CC(OP(=O)(O)OCC2OC(n3ccc(N)nc3=O)C(O)C2O)(C(=O)O)OC1[C@H](O)[C@H](O)CO. The minimum Gasteiger partial charge on any atom is -0.477 e. The van der Waals surface area contributed by atoms with Gasteiger partial charge >= 0.3 is 19.5 Å². The lowest BCUT2D eigenvalue weighted by Crippen LogP contribution is -2.68. The van der Waals surface area contributed by atoms with Gasteiger partial charge in [-0.3, -0.25) is 13.9 Å². The number of ether oxygens (including phenoxy) is 2. The Balaban J connectivity index is 1.78. The summed E-state index contributed by atoms with van der Waals surface area (Å²) in [5.41, 5.74) is 4.48. The van der Waals surface area contributed by atoms with Gasteiger partial charge in [0.1, 0.15) is 42.4 Å². The molecule has 0 aliphatic carbocycles. The predicted molar refractivity (Wildman–Crippen MR) is 153 cm³/mol. The van der Waals surface area contributed by atoms with E-state index in [4.69, 9.17) is 24.3 Å². The second-order valence-corrected chi connectivity index (χ2v) is 14.0. The average molecular weight is 707 g/mol. The Hall–Kier alpha value is -1.89. The Morgan fingerprint density at radius 2 is 1.98 bits per heavy atom. The molecule has 0 spiro atoms. The molecule has 0 aromatic carbocycles. The van der Waals surface area contributed by atoms with Crippen LogP contribution in [0.25, 0.3) is 0 Å². The summed E-state index contributed by atoms with van der Waals surface area (Å²) in [7, 11) is -3.04. The van der Waals surface area contributed by atoms with Crippen LogP contribution in [0.5, 0.6) is 0 Å². The van der Waals surface area contributed by atoms with Crippen LogP contribution in [0.1, 0.15) is 19.6 Å². The van der Waals surface area contributed by atoms with Crippen molar-refractivity contribution >= 4 is 47.1 Å². The smallest absolute Gasteiger partial charge is 0.475 e. The molecule has 1 amide bonds. The summed E-state index contributed by atoms with van der Waals surface area (Å²) >= 11 is 0. The van der Waals surface area contributed by atoms with Gasteiger partial charge in [0.05, 0.1) is 31.1 Å². The molecule has 23 heteroatoms. The van der Waals surface area contributed by atoms with Crippen LogP contribution in [0.2, 0.25) is 0 Å². The number of hydrogen-bond donors (Lipinski definition) is 10. The van der Waals surface area contributed by atoms with Crippen LogP contribution in [-0.4, -0.2) is 141 Å². The third kappa shape index (κ3) is 9.14. The molecule has 9 unspecified atom stereocenters. The summed E-state index contributed by atoms with van der Waals surface area (Å²) in [5.74, 6) is -5.56. The van der Waals surface area contributed by atoms with Gasteiger partial charge in [-0.25, -0.2) is 18.7 Å². The number of amides is 1. The first-order valence-electron chi connectivity index (χ1n) is 13.2. The fourth-order valence-corrected chi connectivity index (χ4v) is 6.96. The van der Waals surface area contributed by atoms with Crippen molar-refractivity contribution in [2.24, 2.45) is 0 Å². The van der Waals surface area contributed by atoms with Crippen molar-refractivity contribution in [1.29, 1.82) is 0 Å². The van der Waals surface area contributed by atoms with Crippen molar-refractivity contribution in [2.45, 2.75) is 74.1 Å². The number of nitrogens with one attached hydrogen (secondary N) is 1. The molecule has 1 aromatic rings. The van der Waals surface area contributed by atoms with Crippen LogP contribution in [0, 0.1) is 0 Å². The molecular weight excluding hydrogens is 671 g/mol. The highest BCUT2D eigenvalue weighted by Gasteiger charge is 2.59. The van der Waals surface area contributed by atoms with Crippen LogP contribution in [0.4, 0.5) is 5.82 Å². The van der Waals surface area contributed by atoms with E-state index < -0.39 is 106 Å². The van der Waals surface area contributed by atoms with Crippen molar-refractivity contribution in [3.05, 3.63) is 22.7 Å². The van der Waals surface area contributed by atoms with Crippen molar-refractivity contribution in [2.75, 3.05) is 30.5 Å². The highest BCUT2D eigenvalue weighted by Crippen LogP contribution is 2.51. The molecule has 256 valence electrons. The van der Waals surface area contributed by atoms with E-state index in [1.807, 2.05) is 6.92 Å². The number of aliphatic hydroxyl groups is 6. The fourth-order valence-electron chi connectivity index (χ4n) is 4.49. The van der Waals surface area contributed by atoms with Gasteiger partial charge in [-0.1, -0.05) is 28.5 Å². The molecule has 2 saturated heterocycles. The first kappa shape index (κ1) is 37.6. The van der Waals surface area contributed by atoms with E-state index in [-0.39, 0.29) is 11.6 Å². The number of aliphatic hydroxyl groups excluding tert-OH is 6. The number of hydrogen-bond acceptors (Lipinski definition) is 18. The van der Waals surface area contributed by atoms with Crippen LogP contribution in [0.15, 0.2) is 17.1 Å². The molecule has 0 saturated carbocycles. The van der Waals surface area contributed by atoms with Crippen molar-refractivity contribution in [3.8, 4) is 0 Å². The Morgan fingerprint density at radius 1 is 1.29 bits per heavy atom. The van der Waals surface area contributed by atoms with E-state index >= 15 is 0 Å². The minimum absolute atomic E-state index is 0.124. The van der Waals surface area contributed by atoms with Crippen molar-refractivity contribution < 1.29 is 73.3 Å². The van der Waals surface area contributed by atoms with Crippen LogP contribution in [-0.2, 0) is 32.7 Å². The lowest BCUT2D eigenvalue weighted by Gasteiger charge is -2.46. The molecule has 3 heterocycles. The number of phosphoric ester groups is 1. The maximum atomic E-state index is 12.9. The fraction of sp³-hybridized carbons (Fsp3) is 0.727. The summed E-state index contributed by atoms with van der Waals surface area (Å²) in [6.45, 7) is -0.228. The van der Waals surface area contributed by atoms with Gasteiger partial charge < -0.3 is 61.2 Å². The molecule has 11 atom stereocenters. The number of nitrogens with zero attached hydrogens (tertiary/aromatic N) is 2. The van der Waals surface area contributed by atoms with Crippen molar-refractivity contribution in [3.63, 3.8) is 0 Å². The van der Waals surface area contributed by atoms with Gasteiger partial charge in [0, 0.05) is 18.4 Å². The Bertz CT molecular complexity index is 1300. The third-order valence-corrected chi connectivity index (χ3v) is 10.0. The number of carboxylic acids is 1. The molecule has 2 aliphatic rings. The van der Waals surface area contributed by atoms with E-state index in [1.165, 1.54) is 16.9 Å². The largest absolute Gasteiger partial charge is 0.477 e. The standard InChI is InChI=1S/C22H35N4O16PS2/c1-2-44-45-8-13(30)25-14-9(28)5-22(20(34)35,41-18(14)15(31)10(29)6-27)42-43(37,38)39-7-11-16(32)17(33)19(40-11)26-4-3-12(23)24-21(26)36/h3-4,9-11,14-19,27-29,31-33H,2,5-8H2,1H3,(H,25,30)(H,34,35)(H,37,38)(H2,23,24,36)/t9?,10-,11?,14?,15-,16?,17?,18?,19?,22?/m1/s1. The van der Waals surface area contributed by atoms with Gasteiger partial charge in [0.15, 0.2) is 6.23 Å². The molecule has 45 heavy (non-hydrogen) atoms. The molecule has 3 rings (SSSR count). The summed E-state index contributed by atoms with van der Waals surface area (Å²) in [6.07, 6.45) is -14.7. The third-order valence-electron chi connectivity index (χ3n) is 6.66. The zero-order valence-corrected chi connectivity index (χ0v) is 26.0. The number of carbonyl (C=O) groups is 2.